The molecule has 0 unspecified atom stereocenters. The molecule has 0 spiro atoms. The van der Waals surface area contributed by atoms with Crippen LogP contribution in [0.2, 0.25) is 0 Å². The highest BCUT2D eigenvalue weighted by molar-refractivity contribution is 7.90. The van der Waals surface area contributed by atoms with E-state index in [0.717, 1.165) is 0 Å². The van der Waals surface area contributed by atoms with Gasteiger partial charge in [0.2, 0.25) is 0 Å². The van der Waals surface area contributed by atoms with Gasteiger partial charge in [-0.1, -0.05) is 0 Å². The minimum absolute atomic E-state index is 0.211. The standard InChI is InChI=1S/C10H15N3O4S/c1-10(2,3)13-18(16,17)12-8-7(9(14)15)5-4-6-11-8/h4-6,13H,1-3H3,(H,11,12)(H,14,15). The largest absolute Gasteiger partial charge is 0.478 e. The number of carboxylic acid groups (broad SMARTS) is 1. The summed E-state index contributed by atoms with van der Waals surface area (Å²) in [6.07, 6.45) is 1.31. The lowest BCUT2D eigenvalue weighted by Gasteiger charge is -2.20. The van der Waals surface area contributed by atoms with E-state index < -0.39 is 21.7 Å². The molecule has 0 aromatic carbocycles. The Morgan fingerprint density at radius 2 is 2.00 bits per heavy atom. The molecule has 1 heterocycles. The summed E-state index contributed by atoms with van der Waals surface area (Å²) in [5.41, 5.74) is -0.888. The summed E-state index contributed by atoms with van der Waals surface area (Å²) < 4.78 is 27.9. The second kappa shape index (κ2) is 4.91. The van der Waals surface area contributed by atoms with Gasteiger partial charge in [-0.3, -0.25) is 4.72 Å². The molecule has 3 N–H and O–H groups in total. The number of aromatic carboxylic acids is 1. The summed E-state index contributed by atoms with van der Waals surface area (Å²) in [6, 6.07) is 2.68. The van der Waals surface area contributed by atoms with E-state index in [2.05, 4.69) is 14.4 Å². The van der Waals surface area contributed by atoms with Gasteiger partial charge in [-0.2, -0.15) is 13.1 Å². The molecule has 0 aliphatic rings. The Bertz CT molecular complexity index is 548. The van der Waals surface area contributed by atoms with E-state index in [1.807, 2.05) is 0 Å². The van der Waals surface area contributed by atoms with Crippen molar-refractivity contribution in [3.8, 4) is 0 Å². The van der Waals surface area contributed by atoms with E-state index in [-0.39, 0.29) is 11.4 Å². The summed E-state index contributed by atoms with van der Waals surface area (Å²) in [5.74, 6) is -1.47. The van der Waals surface area contributed by atoms with Gasteiger partial charge in [-0.05, 0) is 32.9 Å². The number of hydrogen-bond donors (Lipinski definition) is 3. The molecule has 1 aromatic rings. The third kappa shape index (κ3) is 4.30. The molecule has 0 atom stereocenters. The molecule has 7 nitrogen and oxygen atoms in total. The molecule has 0 saturated heterocycles. The number of carbonyl (C=O) groups is 1. The average molecular weight is 273 g/mol. The fraction of sp³-hybridized carbons (Fsp3) is 0.400. The molecule has 0 bridgehead atoms. The molecule has 18 heavy (non-hydrogen) atoms. The van der Waals surface area contributed by atoms with Crippen LogP contribution in [-0.2, 0) is 10.2 Å². The van der Waals surface area contributed by atoms with Gasteiger partial charge in [0.05, 0.1) is 0 Å². The minimum Gasteiger partial charge on any atom is -0.478 e. The predicted molar refractivity (Wildman–Crippen MR) is 66.6 cm³/mol. The maximum Gasteiger partial charge on any atom is 0.339 e. The first-order valence-corrected chi connectivity index (χ1v) is 6.59. The number of hydrogen-bond acceptors (Lipinski definition) is 4. The zero-order valence-electron chi connectivity index (χ0n) is 10.3. The SMILES string of the molecule is CC(C)(C)NS(=O)(=O)Nc1ncccc1C(=O)O. The maximum atomic E-state index is 11.7. The van der Waals surface area contributed by atoms with Gasteiger partial charge in [0.15, 0.2) is 5.82 Å². The molecule has 1 rings (SSSR count). The van der Waals surface area contributed by atoms with Crippen LogP contribution in [0.3, 0.4) is 0 Å². The third-order valence-corrected chi connectivity index (χ3v) is 3.05. The lowest BCUT2D eigenvalue weighted by molar-refractivity contribution is 0.0697. The van der Waals surface area contributed by atoms with E-state index in [1.165, 1.54) is 18.3 Å². The quantitative estimate of drug-likeness (QED) is 0.752. The van der Waals surface area contributed by atoms with Crippen molar-refractivity contribution in [1.82, 2.24) is 9.71 Å². The first-order chi connectivity index (χ1) is 8.11. The van der Waals surface area contributed by atoms with Crippen LogP contribution < -0.4 is 9.44 Å². The average Bonchev–Trinajstić information content (AvgIpc) is 2.13. The van der Waals surface area contributed by atoms with Crippen LogP contribution in [0.4, 0.5) is 5.82 Å². The van der Waals surface area contributed by atoms with Gasteiger partial charge in [-0.15, -0.1) is 0 Å². The van der Waals surface area contributed by atoms with Crippen molar-refractivity contribution in [2.75, 3.05) is 4.72 Å². The zero-order chi connectivity index (χ0) is 14.0. The van der Waals surface area contributed by atoms with Gasteiger partial charge in [0.25, 0.3) is 0 Å². The van der Waals surface area contributed by atoms with Crippen molar-refractivity contribution in [1.29, 1.82) is 0 Å². The van der Waals surface area contributed by atoms with Crippen LogP contribution in [-0.4, -0.2) is 30.0 Å². The number of aromatic nitrogens is 1. The second-order valence-electron chi connectivity index (χ2n) is 4.66. The Kier molecular flexibility index (Phi) is 3.92. The minimum atomic E-state index is -3.87. The number of pyridine rings is 1. The summed E-state index contributed by atoms with van der Waals surface area (Å²) in [7, 11) is -3.87. The van der Waals surface area contributed by atoms with Crippen molar-refractivity contribution in [3.05, 3.63) is 23.9 Å². The lowest BCUT2D eigenvalue weighted by atomic mass is 10.1. The topological polar surface area (TPSA) is 108 Å². The number of rotatable bonds is 4. The fourth-order valence-corrected chi connectivity index (χ4v) is 2.49. The number of nitrogens with one attached hydrogen (secondary N) is 2. The van der Waals surface area contributed by atoms with E-state index in [4.69, 9.17) is 5.11 Å². The number of carboxylic acids is 1. The van der Waals surface area contributed by atoms with E-state index in [1.54, 1.807) is 20.8 Å². The Morgan fingerprint density at radius 1 is 1.39 bits per heavy atom. The molecule has 0 fully saturated rings. The Hall–Kier alpha value is -1.67. The predicted octanol–water partition coefficient (Wildman–Crippen LogP) is 0.825. The molecule has 8 heteroatoms. The van der Waals surface area contributed by atoms with Gasteiger partial charge in [0, 0.05) is 11.7 Å². The number of anilines is 1. The van der Waals surface area contributed by atoms with E-state index >= 15 is 0 Å². The van der Waals surface area contributed by atoms with Crippen molar-refractivity contribution in [2.24, 2.45) is 0 Å². The van der Waals surface area contributed by atoms with Crippen LogP contribution in [0.5, 0.6) is 0 Å². The smallest absolute Gasteiger partial charge is 0.339 e. The summed E-state index contributed by atoms with van der Waals surface area (Å²) in [5, 5.41) is 8.90. The zero-order valence-corrected chi connectivity index (χ0v) is 11.1. The molecule has 0 amide bonds. The molecule has 0 radical (unpaired) electrons. The van der Waals surface area contributed by atoms with Crippen LogP contribution in [0, 0.1) is 0 Å². The Morgan fingerprint density at radius 3 is 2.50 bits per heavy atom. The van der Waals surface area contributed by atoms with E-state index in [9.17, 15) is 13.2 Å². The Labute approximate surface area is 105 Å². The monoisotopic (exact) mass is 273 g/mol. The highest BCUT2D eigenvalue weighted by Gasteiger charge is 2.22. The van der Waals surface area contributed by atoms with Gasteiger partial charge < -0.3 is 5.11 Å². The van der Waals surface area contributed by atoms with Crippen molar-refractivity contribution in [2.45, 2.75) is 26.3 Å². The second-order valence-corrected chi connectivity index (χ2v) is 6.08. The molecule has 0 aliphatic carbocycles. The van der Waals surface area contributed by atoms with Crippen LogP contribution >= 0.6 is 0 Å². The molecule has 0 saturated carbocycles. The molecule has 100 valence electrons. The summed E-state index contributed by atoms with van der Waals surface area (Å²) >= 11 is 0. The fourth-order valence-electron chi connectivity index (χ4n) is 1.22. The van der Waals surface area contributed by atoms with E-state index in [0.29, 0.717) is 0 Å². The Balaban J connectivity index is 3.02. The van der Waals surface area contributed by atoms with Crippen LogP contribution in [0.15, 0.2) is 18.3 Å². The molecular formula is C10H15N3O4S. The highest BCUT2D eigenvalue weighted by Crippen LogP contribution is 2.13. The summed E-state index contributed by atoms with van der Waals surface area (Å²) in [4.78, 5) is 14.6. The normalized spacial score (nSPS) is 12.2. The van der Waals surface area contributed by atoms with Gasteiger partial charge >= 0.3 is 16.2 Å². The highest BCUT2D eigenvalue weighted by atomic mass is 32.2. The van der Waals surface area contributed by atoms with Crippen molar-refractivity contribution in [3.63, 3.8) is 0 Å². The lowest BCUT2D eigenvalue weighted by Crippen LogP contribution is -2.43. The molecule has 0 aliphatic heterocycles. The van der Waals surface area contributed by atoms with Crippen LogP contribution in [0.25, 0.3) is 0 Å². The molecular weight excluding hydrogens is 258 g/mol. The number of nitrogens with zero attached hydrogens (tertiary/aromatic N) is 1. The maximum absolute atomic E-state index is 11.7. The first-order valence-electron chi connectivity index (χ1n) is 5.11. The van der Waals surface area contributed by atoms with Crippen molar-refractivity contribution >= 4 is 22.0 Å². The molecule has 1 aromatic heterocycles. The van der Waals surface area contributed by atoms with Gasteiger partial charge in [-0.25, -0.2) is 9.78 Å². The summed E-state index contributed by atoms with van der Waals surface area (Å²) in [6.45, 7) is 5.01. The first kappa shape index (κ1) is 14.4. The third-order valence-electron chi connectivity index (χ3n) is 1.71. The van der Waals surface area contributed by atoms with Crippen LogP contribution in [0.1, 0.15) is 31.1 Å². The van der Waals surface area contributed by atoms with Gasteiger partial charge in [0.1, 0.15) is 5.56 Å². The van der Waals surface area contributed by atoms with Crippen molar-refractivity contribution < 1.29 is 18.3 Å².